The largest absolute Gasteiger partial charge is 0.369 e. The average Bonchev–Trinajstić information content (AvgIpc) is 2.53. The van der Waals surface area contributed by atoms with E-state index < -0.39 is 22.4 Å². The number of alkyl halides is 1. The van der Waals surface area contributed by atoms with Crippen LogP contribution < -0.4 is 5.46 Å². The van der Waals surface area contributed by atoms with E-state index in [1.54, 1.807) is 15.3 Å². The number of morpholine rings is 1. The quantitative estimate of drug-likeness (QED) is 0.556. The van der Waals surface area contributed by atoms with Crippen LogP contribution in [0.1, 0.15) is 0 Å². The lowest BCUT2D eigenvalue weighted by atomic mass is 9.92. The molecule has 2 heterocycles. The lowest BCUT2D eigenvalue weighted by Crippen LogP contribution is -2.71. The van der Waals surface area contributed by atoms with E-state index in [1.165, 1.54) is 12.1 Å². The number of benzene rings is 1. The molecule has 2 radical (unpaired) electrons. The molecule has 23 heavy (non-hydrogen) atoms. The number of amides is 1. The molecule has 2 saturated heterocycles. The molecule has 1 atom stereocenters. The summed E-state index contributed by atoms with van der Waals surface area (Å²) in [4.78, 5) is 13.5. The predicted molar refractivity (Wildman–Crippen MR) is 85.8 cm³/mol. The average molecular weight is 357 g/mol. The molecule has 0 saturated carbocycles. The van der Waals surface area contributed by atoms with Crippen LogP contribution in [0.25, 0.3) is 0 Å². The molecule has 2 aliphatic rings. The molecule has 5 nitrogen and oxygen atoms in total. The lowest BCUT2D eigenvalue weighted by Gasteiger charge is -2.53. The Kier molecular flexibility index (Phi) is 4.78. The molecule has 1 aromatic rings. The van der Waals surface area contributed by atoms with Crippen molar-refractivity contribution < 1.29 is 18.1 Å². The molecule has 1 aromatic carbocycles. The minimum absolute atomic E-state index is 0.0263. The molecular formula is C14H15BClFN2O3S. The molecule has 1 spiro atoms. The highest BCUT2D eigenvalue weighted by molar-refractivity contribution is 7.82. The Morgan fingerprint density at radius 1 is 1.43 bits per heavy atom. The first-order chi connectivity index (χ1) is 10.9. The second-order valence-electron chi connectivity index (χ2n) is 5.71. The van der Waals surface area contributed by atoms with Gasteiger partial charge >= 0.3 is 0 Å². The molecule has 0 N–H and O–H groups in total. The minimum Gasteiger partial charge on any atom is -0.369 e. The second kappa shape index (κ2) is 6.51. The molecule has 9 heteroatoms. The third-order valence-corrected chi connectivity index (χ3v) is 5.71. The number of hydrogen-bond acceptors (Lipinski definition) is 3. The Labute approximate surface area is 142 Å². The van der Waals surface area contributed by atoms with E-state index in [9.17, 15) is 13.4 Å². The first kappa shape index (κ1) is 16.9. The minimum atomic E-state index is -1.50. The Bertz CT molecular complexity index is 657. The highest BCUT2D eigenvalue weighted by atomic mass is 35.5. The Balaban J connectivity index is 1.68. The first-order valence-electron chi connectivity index (χ1n) is 7.14. The van der Waals surface area contributed by atoms with E-state index in [-0.39, 0.29) is 17.2 Å². The van der Waals surface area contributed by atoms with Crippen LogP contribution in [0, 0.1) is 5.82 Å². The van der Waals surface area contributed by atoms with Crippen LogP contribution in [-0.2, 0) is 20.5 Å². The van der Waals surface area contributed by atoms with Gasteiger partial charge in [0.15, 0.2) is 0 Å². The van der Waals surface area contributed by atoms with E-state index in [1.807, 2.05) is 0 Å². The number of carbonyl (C=O) groups excluding carboxylic acids is 1. The summed E-state index contributed by atoms with van der Waals surface area (Å²) >= 11 is 5.54. The summed E-state index contributed by atoms with van der Waals surface area (Å²) in [6.45, 7) is 2.16. The van der Waals surface area contributed by atoms with Crippen LogP contribution in [0.3, 0.4) is 0 Å². The van der Waals surface area contributed by atoms with Gasteiger partial charge in [0.25, 0.3) is 0 Å². The maximum Gasteiger partial charge on any atom is 0.237 e. The van der Waals surface area contributed by atoms with Crippen molar-refractivity contribution in [3.63, 3.8) is 0 Å². The SMILES string of the molecule is [B]c1ccc(S(=O)N2CCOC3(CN(C(=O)CCl)C3)C2)cc1F. The highest BCUT2D eigenvalue weighted by Crippen LogP contribution is 2.30. The van der Waals surface area contributed by atoms with Crippen molar-refractivity contribution in [3.05, 3.63) is 24.0 Å². The zero-order valence-electron chi connectivity index (χ0n) is 12.3. The molecule has 1 amide bonds. The molecule has 0 bridgehead atoms. The van der Waals surface area contributed by atoms with E-state index in [0.717, 1.165) is 0 Å². The monoisotopic (exact) mass is 356 g/mol. The summed E-state index contributed by atoms with van der Waals surface area (Å²) in [7, 11) is 3.94. The Morgan fingerprint density at radius 3 is 2.83 bits per heavy atom. The van der Waals surface area contributed by atoms with E-state index in [2.05, 4.69) is 0 Å². The number of carbonyl (C=O) groups is 1. The summed E-state index contributed by atoms with van der Waals surface area (Å²) in [5.41, 5.74) is -0.486. The number of ether oxygens (including phenoxy) is 1. The number of hydrogen-bond donors (Lipinski definition) is 0. The topological polar surface area (TPSA) is 49.9 Å². The van der Waals surface area contributed by atoms with Gasteiger partial charge in [-0.15, -0.1) is 11.6 Å². The van der Waals surface area contributed by atoms with Gasteiger partial charge < -0.3 is 9.64 Å². The van der Waals surface area contributed by atoms with Gasteiger partial charge in [-0.1, -0.05) is 11.5 Å². The second-order valence-corrected chi connectivity index (χ2v) is 7.46. The zero-order chi connectivity index (χ0) is 16.6. The van der Waals surface area contributed by atoms with Crippen molar-refractivity contribution in [1.29, 1.82) is 0 Å². The van der Waals surface area contributed by atoms with Crippen LogP contribution in [-0.4, -0.2) is 71.4 Å². The fraction of sp³-hybridized carbons (Fsp3) is 0.500. The first-order valence-corrected chi connectivity index (χ1v) is 8.78. The van der Waals surface area contributed by atoms with Crippen molar-refractivity contribution in [3.8, 4) is 0 Å². The number of rotatable bonds is 3. The van der Waals surface area contributed by atoms with Gasteiger partial charge in [0, 0.05) is 13.1 Å². The van der Waals surface area contributed by atoms with Gasteiger partial charge in [0.2, 0.25) is 5.91 Å². The van der Waals surface area contributed by atoms with Crippen LogP contribution in [0.2, 0.25) is 0 Å². The molecular weight excluding hydrogens is 341 g/mol. The van der Waals surface area contributed by atoms with Gasteiger partial charge in [-0.2, -0.15) is 0 Å². The predicted octanol–water partition coefficient (Wildman–Crippen LogP) is -0.206. The number of likely N-dealkylation sites (tertiary alicyclic amines) is 1. The van der Waals surface area contributed by atoms with Crippen LogP contribution >= 0.6 is 11.6 Å². The van der Waals surface area contributed by atoms with Gasteiger partial charge in [0.1, 0.15) is 36.1 Å². The molecule has 3 rings (SSSR count). The number of nitrogens with zero attached hydrogens (tertiary/aromatic N) is 2. The standard InChI is InChI=1S/C14H15BClFN2O3S/c15-11-2-1-10(5-12(11)17)23(21)19-3-4-22-14(9-19)7-18(8-14)13(20)6-16/h1-2,5H,3-4,6-9H2. The smallest absolute Gasteiger partial charge is 0.237 e. The summed E-state index contributed by atoms with van der Waals surface area (Å²) < 4.78 is 33.7. The highest BCUT2D eigenvalue weighted by Gasteiger charge is 2.49. The van der Waals surface area contributed by atoms with E-state index in [4.69, 9.17) is 24.2 Å². The lowest BCUT2D eigenvalue weighted by molar-refractivity contribution is -0.181. The Morgan fingerprint density at radius 2 is 2.17 bits per heavy atom. The van der Waals surface area contributed by atoms with Crippen molar-refractivity contribution in [2.75, 3.05) is 38.7 Å². The maximum atomic E-state index is 13.6. The molecule has 0 aromatic heterocycles. The third kappa shape index (κ3) is 3.31. The van der Waals surface area contributed by atoms with E-state index >= 15 is 0 Å². The molecule has 2 aliphatic heterocycles. The molecule has 1 unspecified atom stereocenters. The maximum absolute atomic E-state index is 13.6. The third-order valence-electron chi connectivity index (χ3n) is 4.05. The van der Waals surface area contributed by atoms with Crippen molar-refractivity contribution in [2.24, 2.45) is 0 Å². The fourth-order valence-corrected chi connectivity index (χ4v) is 4.27. The molecule has 0 aliphatic carbocycles. The summed E-state index contributed by atoms with van der Waals surface area (Å²) in [6, 6.07) is 4.15. The van der Waals surface area contributed by atoms with Crippen molar-refractivity contribution >= 4 is 41.8 Å². The zero-order valence-corrected chi connectivity index (χ0v) is 13.9. The van der Waals surface area contributed by atoms with Crippen LogP contribution in [0.4, 0.5) is 4.39 Å². The van der Waals surface area contributed by atoms with Crippen LogP contribution in [0.5, 0.6) is 0 Å². The van der Waals surface area contributed by atoms with Gasteiger partial charge in [-0.05, 0) is 12.1 Å². The normalized spacial score (nSPS) is 21.9. The summed E-state index contributed by atoms with van der Waals surface area (Å²) in [5.74, 6) is -0.780. The van der Waals surface area contributed by atoms with Crippen LogP contribution in [0.15, 0.2) is 23.1 Å². The fourth-order valence-electron chi connectivity index (χ4n) is 2.82. The van der Waals surface area contributed by atoms with Gasteiger partial charge in [0.05, 0.1) is 24.6 Å². The summed E-state index contributed by atoms with van der Waals surface area (Å²) in [6.07, 6.45) is 0. The van der Waals surface area contributed by atoms with Gasteiger partial charge in [-0.3, -0.25) is 4.79 Å². The summed E-state index contributed by atoms with van der Waals surface area (Å²) in [5, 5.41) is 0. The number of halogens is 2. The van der Waals surface area contributed by atoms with Crippen molar-refractivity contribution in [1.82, 2.24) is 9.21 Å². The van der Waals surface area contributed by atoms with E-state index in [0.29, 0.717) is 37.7 Å². The molecule has 122 valence electrons. The van der Waals surface area contributed by atoms with Crippen molar-refractivity contribution in [2.45, 2.75) is 10.5 Å². The molecule has 2 fully saturated rings. The van der Waals surface area contributed by atoms with Gasteiger partial charge in [-0.25, -0.2) is 12.9 Å². The Hall–Kier alpha value is -0.955.